The van der Waals surface area contributed by atoms with Gasteiger partial charge in [-0.15, -0.1) is 11.3 Å². The highest BCUT2D eigenvalue weighted by atomic mass is 32.1. The fourth-order valence-corrected chi connectivity index (χ4v) is 4.11. The van der Waals surface area contributed by atoms with E-state index in [1.165, 1.54) is 21.7 Å². The number of nitrogen functional groups attached to an aromatic ring is 1. The van der Waals surface area contributed by atoms with Gasteiger partial charge in [0.15, 0.2) is 0 Å². The number of aryl methyl sites for hydroxylation is 2. The minimum Gasteiger partial charge on any atom is -0.398 e. The number of rotatable bonds is 2. The van der Waals surface area contributed by atoms with Crippen LogP contribution in [0.3, 0.4) is 0 Å². The molecule has 0 fully saturated rings. The quantitative estimate of drug-likeness (QED) is 0.860. The van der Waals surface area contributed by atoms with Crippen molar-refractivity contribution in [3.05, 3.63) is 44.9 Å². The SMILES string of the molecule is Cc1nc(C)c(C(C)N2CCc3c(N)cccc3C2)s1. The van der Waals surface area contributed by atoms with Crippen LogP contribution < -0.4 is 5.73 Å². The van der Waals surface area contributed by atoms with E-state index in [1.807, 2.05) is 17.4 Å². The molecule has 0 spiro atoms. The maximum Gasteiger partial charge on any atom is 0.0900 e. The highest BCUT2D eigenvalue weighted by molar-refractivity contribution is 7.11. The Hall–Kier alpha value is -1.39. The molecule has 1 aromatic heterocycles. The molecular formula is C16H21N3S. The molecule has 3 rings (SSSR count). The van der Waals surface area contributed by atoms with Gasteiger partial charge in [-0.2, -0.15) is 0 Å². The van der Waals surface area contributed by atoms with Crippen LogP contribution in [0.5, 0.6) is 0 Å². The van der Waals surface area contributed by atoms with Crippen LogP contribution in [0.4, 0.5) is 5.69 Å². The number of thiazole rings is 1. The first-order chi connectivity index (χ1) is 9.56. The van der Waals surface area contributed by atoms with Gasteiger partial charge in [0.05, 0.1) is 10.7 Å². The standard InChI is InChI=1S/C16H21N3S/c1-10-16(20-12(3)18-10)11(2)19-8-7-14-13(9-19)5-4-6-15(14)17/h4-6,11H,7-9,17H2,1-3H3. The van der Waals surface area contributed by atoms with Crippen LogP contribution in [0, 0.1) is 13.8 Å². The predicted molar refractivity (Wildman–Crippen MR) is 85.0 cm³/mol. The smallest absolute Gasteiger partial charge is 0.0900 e. The zero-order valence-electron chi connectivity index (χ0n) is 12.3. The van der Waals surface area contributed by atoms with Gasteiger partial charge in [0.25, 0.3) is 0 Å². The molecule has 2 aromatic rings. The number of anilines is 1. The molecule has 1 unspecified atom stereocenters. The Bertz CT molecular complexity index is 633. The molecule has 1 aliphatic rings. The third-order valence-corrected chi connectivity index (χ3v) is 5.44. The van der Waals surface area contributed by atoms with Crippen molar-refractivity contribution in [2.75, 3.05) is 12.3 Å². The van der Waals surface area contributed by atoms with Crippen LogP contribution in [0.1, 0.15) is 39.7 Å². The Morgan fingerprint density at radius 2 is 2.15 bits per heavy atom. The van der Waals surface area contributed by atoms with E-state index in [0.717, 1.165) is 30.2 Å². The lowest BCUT2D eigenvalue weighted by molar-refractivity contribution is 0.194. The summed E-state index contributed by atoms with van der Waals surface area (Å²) in [6.07, 6.45) is 1.04. The fourth-order valence-electron chi connectivity index (χ4n) is 3.09. The first-order valence-electron chi connectivity index (χ1n) is 7.10. The van der Waals surface area contributed by atoms with Crippen molar-refractivity contribution < 1.29 is 0 Å². The number of nitrogens with two attached hydrogens (primary N) is 1. The summed E-state index contributed by atoms with van der Waals surface area (Å²) in [6.45, 7) is 8.54. The molecule has 1 atom stereocenters. The fraction of sp³-hybridized carbons (Fsp3) is 0.438. The van der Waals surface area contributed by atoms with Crippen LogP contribution in [-0.4, -0.2) is 16.4 Å². The Labute approximate surface area is 124 Å². The lowest BCUT2D eigenvalue weighted by Crippen LogP contribution is -2.33. The molecule has 0 aliphatic carbocycles. The van der Waals surface area contributed by atoms with E-state index < -0.39 is 0 Å². The molecule has 1 aliphatic heterocycles. The number of hydrogen-bond acceptors (Lipinski definition) is 4. The van der Waals surface area contributed by atoms with Crippen molar-refractivity contribution in [3.63, 3.8) is 0 Å². The summed E-state index contributed by atoms with van der Waals surface area (Å²) in [5.74, 6) is 0. The molecular weight excluding hydrogens is 266 g/mol. The minimum absolute atomic E-state index is 0.427. The Morgan fingerprint density at radius 3 is 2.85 bits per heavy atom. The molecule has 20 heavy (non-hydrogen) atoms. The molecule has 3 nitrogen and oxygen atoms in total. The number of aromatic nitrogens is 1. The number of nitrogens with zero attached hydrogens (tertiary/aromatic N) is 2. The van der Waals surface area contributed by atoms with Crippen LogP contribution in [-0.2, 0) is 13.0 Å². The Kier molecular flexibility index (Phi) is 3.52. The maximum absolute atomic E-state index is 6.08. The van der Waals surface area contributed by atoms with Gasteiger partial charge in [0.2, 0.25) is 0 Å². The molecule has 2 N–H and O–H groups in total. The molecule has 0 radical (unpaired) electrons. The predicted octanol–water partition coefficient (Wildman–Crippen LogP) is 3.46. The van der Waals surface area contributed by atoms with E-state index >= 15 is 0 Å². The zero-order chi connectivity index (χ0) is 14.3. The number of hydrogen-bond donors (Lipinski definition) is 1. The summed E-state index contributed by atoms with van der Waals surface area (Å²) in [5.41, 5.74) is 10.9. The number of fused-ring (bicyclic) bond motifs is 1. The van der Waals surface area contributed by atoms with Crippen LogP contribution in [0.25, 0.3) is 0 Å². The van der Waals surface area contributed by atoms with Crippen molar-refractivity contribution in [1.29, 1.82) is 0 Å². The second-order valence-corrected chi connectivity index (χ2v) is 6.80. The van der Waals surface area contributed by atoms with Crippen molar-refractivity contribution in [3.8, 4) is 0 Å². The van der Waals surface area contributed by atoms with E-state index in [1.54, 1.807) is 0 Å². The van der Waals surface area contributed by atoms with Crippen molar-refractivity contribution in [1.82, 2.24) is 9.88 Å². The van der Waals surface area contributed by atoms with E-state index in [4.69, 9.17) is 5.73 Å². The summed E-state index contributed by atoms with van der Waals surface area (Å²) in [6, 6.07) is 6.70. The molecule has 2 heterocycles. The van der Waals surface area contributed by atoms with Crippen LogP contribution in [0.2, 0.25) is 0 Å². The zero-order valence-corrected chi connectivity index (χ0v) is 13.1. The first kappa shape index (κ1) is 13.6. The maximum atomic E-state index is 6.08. The average molecular weight is 287 g/mol. The molecule has 0 saturated carbocycles. The number of benzene rings is 1. The molecule has 0 bridgehead atoms. The third-order valence-electron chi connectivity index (χ3n) is 4.20. The molecule has 4 heteroatoms. The van der Waals surface area contributed by atoms with E-state index in [2.05, 4.69) is 42.8 Å². The Morgan fingerprint density at radius 1 is 1.35 bits per heavy atom. The van der Waals surface area contributed by atoms with Gasteiger partial charge in [-0.3, -0.25) is 4.90 Å². The van der Waals surface area contributed by atoms with Crippen molar-refractivity contribution in [2.24, 2.45) is 0 Å². The topological polar surface area (TPSA) is 42.2 Å². The lowest BCUT2D eigenvalue weighted by Gasteiger charge is -2.34. The molecule has 106 valence electrons. The monoisotopic (exact) mass is 287 g/mol. The minimum atomic E-state index is 0.427. The summed E-state index contributed by atoms with van der Waals surface area (Å²) in [7, 11) is 0. The lowest BCUT2D eigenvalue weighted by atomic mass is 9.97. The summed E-state index contributed by atoms with van der Waals surface area (Å²) in [5, 5.41) is 1.16. The van der Waals surface area contributed by atoms with Gasteiger partial charge in [0.1, 0.15) is 0 Å². The van der Waals surface area contributed by atoms with Crippen molar-refractivity contribution in [2.45, 2.75) is 39.8 Å². The van der Waals surface area contributed by atoms with E-state index in [-0.39, 0.29) is 0 Å². The van der Waals surface area contributed by atoms with Crippen LogP contribution >= 0.6 is 11.3 Å². The summed E-state index contributed by atoms with van der Waals surface area (Å²) < 4.78 is 0. The first-order valence-corrected chi connectivity index (χ1v) is 7.92. The second-order valence-electron chi connectivity index (χ2n) is 5.56. The Balaban J connectivity index is 1.85. The highest BCUT2D eigenvalue weighted by Crippen LogP contribution is 2.33. The third kappa shape index (κ3) is 2.34. The highest BCUT2D eigenvalue weighted by Gasteiger charge is 2.25. The normalized spacial score (nSPS) is 16.9. The van der Waals surface area contributed by atoms with Gasteiger partial charge in [0, 0.05) is 29.7 Å². The largest absolute Gasteiger partial charge is 0.398 e. The van der Waals surface area contributed by atoms with Crippen LogP contribution in [0.15, 0.2) is 18.2 Å². The molecule has 0 saturated heterocycles. The average Bonchev–Trinajstić information content (AvgIpc) is 2.77. The van der Waals surface area contributed by atoms with Gasteiger partial charge in [-0.05, 0) is 44.4 Å². The van der Waals surface area contributed by atoms with E-state index in [0.29, 0.717) is 6.04 Å². The van der Waals surface area contributed by atoms with Gasteiger partial charge in [-0.25, -0.2) is 4.98 Å². The van der Waals surface area contributed by atoms with Gasteiger partial charge < -0.3 is 5.73 Å². The van der Waals surface area contributed by atoms with Gasteiger partial charge >= 0.3 is 0 Å². The van der Waals surface area contributed by atoms with Gasteiger partial charge in [-0.1, -0.05) is 12.1 Å². The summed E-state index contributed by atoms with van der Waals surface area (Å²) in [4.78, 5) is 8.48. The summed E-state index contributed by atoms with van der Waals surface area (Å²) >= 11 is 1.82. The van der Waals surface area contributed by atoms with E-state index in [9.17, 15) is 0 Å². The molecule has 1 aromatic carbocycles. The second kappa shape index (κ2) is 5.19. The molecule has 0 amide bonds. The van der Waals surface area contributed by atoms with Crippen molar-refractivity contribution >= 4 is 17.0 Å².